The number of para-hydroxylation sites is 2. The van der Waals surface area contributed by atoms with E-state index in [2.05, 4.69) is 5.32 Å². The minimum Gasteiger partial charge on any atom is -0.467 e. The second kappa shape index (κ2) is 8.37. The molecule has 0 bridgehead atoms. The number of furan rings is 1. The van der Waals surface area contributed by atoms with Crippen molar-refractivity contribution in [3.8, 4) is 0 Å². The van der Waals surface area contributed by atoms with Gasteiger partial charge in [-0.1, -0.05) is 30.3 Å². The highest BCUT2D eigenvalue weighted by Gasteiger charge is 2.41. The SMILES string of the molecule is O=C1CCCC2=C1[C@H](c1ccco1)N(C(=O)CS(=O)(=O)c1ccccc1)c1ccccc1N2. The number of hydrogen-bond donors (Lipinski definition) is 1. The molecule has 1 aliphatic heterocycles. The van der Waals surface area contributed by atoms with E-state index in [4.69, 9.17) is 4.42 Å². The smallest absolute Gasteiger partial charge is 0.243 e. The molecule has 2 heterocycles. The van der Waals surface area contributed by atoms with Crippen LogP contribution in [-0.4, -0.2) is 25.9 Å². The average Bonchev–Trinajstić information content (AvgIpc) is 3.29. The van der Waals surface area contributed by atoms with Gasteiger partial charge in [0.15, 0.2) is 15.6 Å². The van der Waals surface area contributed by atoms with Crippen LogP contribution in [-0.2, 0) is 19.4 Å². The molecule has 1 amide bonds. The van der Waals surface area contributed by atoms with Gasteiger partial charge in [0.2, 0.25) is 5.91 Å². The number of carbonyl (C=O) groups is 2. The number of benzene rings is 2. The normalized spacial score (nSPS) is 18.2. The first-order chi connectivity index (χ1) is 16.0. The lowest BCUT2D eigenvalue weighted by Crippen LogP contribution is -2.41. The number of rotatable bonds is 4. The summed E-state index contributed by atoms with van der Waals surface area (Å²) in [6.45, 7) is 0. The van der Waals surface area contributed by atoms with Crippen LogP contribution in [0.5, 0.6) is 0 Å². The monoisotopic (exact) mass is 462 g/mol. The van der Waals surface area contributed by atoms with E-state index < -0.39 is 27.5 Å². The number of sulfone groups is 1. The molecular weight excluding hydrogens is 440 g/mol. The molecule has 0 saturated heterocycles. The third-order valence-electron chi connectivity index (χ3n) is 5.93. The number of carbonyl (C=O) groups excluding carboxylic acids is 2. The molecular formula is C25H22N2O5S. The van der Waals surface area contributed by atoms with E-state index in [0.717, 1.165) is 5.70 Å². The predicted molar refractivity (Wildman–Crippen MR) is 123 cm³/mol. The summed E-state index contributed by atoms with van der Waals surface area (Å²) in [5, 5.41) is 3.34. The van der Waals surface area contributed by atoms with Crippen LogP contribution in [0, 0.1) is 0 Å². The van der Waals surface area contributed by atoms with Gasteiger partial charge in [0.05, 0.1) is 22.5 Å². The van der Waals surface area contributed by atoms with Gasteiger partial charge in [-0.25, -0.2) is 8.42 Å². The minimum absolute atomic E-state index is 0.0720. The first-order valence-corrected chi connectivity index (χ1v) is 12.4. The predicted octanol–water partition coefficient (Wildman–Crippen LogP) is 4.26. The summed E-state index contributed by atoms with van der Waals surface area (Å²) in [6, 6.07) is 17.6. The standard InChI is InChI=1S/C25H22N2O5S/c28-21-13-6-11-19-24(21)25(22-14-7-15-32-22)27(20-12-5-4-10-18(20)26-19)23(29)16-33(30,31)17-8-2-1-3-9-17/h1-5,7-10,12,14-15,25-26H,6,11,13,16H2/t25-/m0/s1. The molecule has 168 valence electrons. The molecule has 0 radical (unpaired) electrons. The van der Waals surface area contributed by atoms with E-state index in [1.165, 1.54) is 23.3 Å². The summed E-state index contributed by atoms with van der Waals surface area (Å²) in [7, 11) is -3.90. The first-order valence-electron chi connectivity index (χ1n) is 10.7. The molecule has 8 heteroatoms. The third-order valence-corrected chi connectivity index (χ3v) is 7.55. The Balaban J connectivity index is 1.66. The maximum atomic E-state index is 13.7. The van der Waals surface area contributed by atoms with Gasteiger partial charge >= 0.3 is 0 Å². The Morgan fingerprint density at radius 1 is 1.00 bits per heavy atom. The van der Waals surface area contributed by atoms with Crippen molar-refractivity contribution in [3.05, 3.63) is 90.0 Å². The highest BCUT2D eigenvalue weighted by Crippen LogP contribution is 2.45. The lowest BCUT2D eigenvalue weighted by Gasteiger charge is -2.32. The molecule has 1 N–H and O–H groups in total. The summed E-state index contributed by atoms with van der Waals surface area (Å²) >= 11 is 0. The molecule has 0 spiro atoms. The minimum atomic E-state index is -3.90. The van der Waals surface area contributed by atoms with Gasteiger partial charge in [-0.15, -0.1) is 0 Å². The van der Waals surface area contributed by atoms with Crippen LogP contribution in [0.25, 0.3) is 0 Å². The van der Waals surface area contributed by atoms with Crippen molar-refractivity contribution >= 4 is 32.9 Å². The fourth-order valence-electron chi connectivity index (χ4n) is 4.47. The molecule has 5 rings (SSSR count). The fourth-order valence-corrected chi connectivity index (χ4v) is 5.67. The second-order valence-electron chi connectivity index (χ2n) is 8.06. The number of nitrogens with one attached hydrogen (secondary N) is 1. The zero-order chi connectivity index (χ0) is 23.0. The third kappa shape index (κ3) is 3.87. The molecule has 2 aromatic carbocycles. The Morgan fingerprint density at radius 2 is 1.76 bits per heavy atom. The van der Waals surface area contributed by atoms with E-state index in [1.807, 2.05) is 12.1 Å². The highest BCUT2D eigenvalue weighted by atomic mass is 32.2. The molecule has 1 aliphatic carbocycles. The number of fused-ring (bicyclic) bond motifs is 1. The van der Waals surface area contributed by atoms with Crippen molar-refractivity contribution in [2.24, 2.45) is 0 Å². The lowest BCUT2D eigenvalue weighted by molar-refractivity contribution is -0.117. The second-order valence-corrected chi connectivity index (χ2v) is 10.1. The van der Waals surface area contributed by atoms with Crippen LogP contribution in [0.1, 0.15) is 31.1 Å². The molecule has 1 aromatic heterocycles. The number of allylic oxidation sites excluding steroid dienone is 1. The van der Waals surface area contributed by atoms with Gasteiger partial charge in [0, 0.05) is 17.7 Å². The van der Waals surface area contributed by atoms with Crippen LogP contribution in [0.2, 0.25) is 0 Å². The number of amides is 1. The van der Waals surface area contributed by atoms with E-state index in [1.54, 1.807) is 42.5 Å². The number of hydrogen-bond acceptors (Lipinski definition) is 6. The van der Waals surface area contributed by atoms with Crippen molar-refractivity contribution in [1.29, 1.82) is 0 Å². The maximum absolute atomic E-state index is 13.7. The van der Waals surface area contributed by atoms with Gasteiger partial charge < -0.3 is 9.73 Å². The summed E-state index contributed by atoms with van der Waals surface area (Å²) in [4.78, 5) is 28.3. The Labute approximate surface area is 191 Å². The van der Waals surface area contributed by atoms with Crippen molar-refractivity contribution in [2.45, 2.75) is 30.2 Å². The summed E-state index contributed by atoms with van der Waals surface area (Å²) < 4.78 is 31.8. The van der Waals surface area contributed by atoms with Crippen LogP contribution in [0.3, 0.4) is 0 Å². The molecule has 33 heavy (non-hydrogen) atoms. The molecule has 0 fully saturated rings. The molecule has 7 nitrogen and oxygen atoms in total. The number of anilines is 2. The molecule has 0 unspecified atom stereocenters. The number of ketones is 1. The Morgan fingerprint density at radius 3 is 2.52 bits per heavy atom. The summed E-state index contributed by atoms with van der Waals surface area (Å²) in [6.07, 6.45) is 3.19. The largest absolute Gasteiger partial charge is 0.467 e. The van der Waals surface area contributed by atoms with Gasteiger partial charge in [0.1, 0.15) is 17.6 Å². The summed E-state index contributed by atoms with van der Waals surface area (Å²) in [5.41, 5.74) is 2.31. The summed E-state index contributed by atoms with van der Waals surface area (Å²) in [5.74, 6) is -1.05. The van der Waals surface area contributed by atoms with Crippen LogP contribution in [0.4, 0.5) is 11.4 Å². The zero-order valence-corrected chi connectivity index (χ0v) is 18.5. The van der Waals surface area contributed by atoms with E-state index in [9.17, 15) is 18.0 Å². The molecule has 2 aliphatic rings. The quantitative estimate of drug-likeness (QED) is 0.622. The van der Waals surface area contributed by atoms with Crippen molar-refractivity contribution in [1.82, 2.24) is 0 Å². The lowest BCUT2D eigenvalue weighted by atomic mass is 9.88. The van der Waals surface area contributed by atoms with Crippen LogP contribution >= 0.6 is 0 Å². The Kier molecular flexibility index (Phi) is 5.38. The molecule has 1 atom stereocenters. The van der Waals surface area contributed by atoms with Crippen LogP contribution in [0.15, 0.2) is 93.6 Å². The Hall–Kier alpha value is -3.65. The fraction of sp³-hybridized carbons (Fsp3) is 0.200. The number of Topliss-reactive ketones (excluding diaryl/α,β-unsaturated/α-hetero) is 1. The van der Waals surface area contributed by atoms with E-state index in [-0.39, 0.29) is 10.7 Å². The van der Waals surface area contributed by atoms with Crippen LogP contribution < -0.4 is 10.2 Å². The maximum Gasteiger partial charge on any atom is 0.243 e. The van der Waals surface area contributed by atoms with Gasteiger partial charge in [-0.05, 0) is 49.2 Å². The first kappa shape index (κ1) is 21.2. The van der Waals surface area contributed by atoms with Gasteiger partial charge in [-0.3, -0.25) is 14.5 Å². The zero-order valence-electron chi connectivity index (χ0n) is 17.7. The molecule has 0 saturated carbocycles. The van der Waals surface area contributed by atoms with Crippen molar-refractivity contribution in [3.63, 3.8) is 0 Å². The van der Waals surface area contributed by atoms with E-state index in [0.29, 0.717) is 42.0 Å². The van der Waals surface area contributed by atoms with Crippen molar-refractivity contribution in [2.75, 3.05) is 16.0 Å². The molecule has 3 aromatic rings. The Bertz CT molecular complexity index is 1340. The topological polar surface area (TPSA) is 96.7 Å². The van der Waals surface area contributed by atoms with Crippen molar-refractivity contribution < 1.29 is 22.4 Å². The van der Waals surface area contributed by atoms with Gasteiger partial charge in [0.25, 0.3) is 0 Å². The van der Waals surface area contributed by atoms with E-state index >= 15 is 0 Å². The van der Waals surface area contributed by atoms with Gasteiger partial charge in [-0.2, -0.15) is 0 Å². The number of nitrogens with zero attached hydrogens (tertiary/aromatic N) is 1. The highest BCUT2D eigenvalue weighted by molar-refractivity contribution is 7.92. The average molecular weight is 463 g/mol.